The lowest BCUT2D eigenvalue weighted by Gasteiger charge is -2.02. The van der Waals surface area contributed by atoms with Gasteiger partial charge in [0, 0.05) is 5.03 Å². The molecule has 0 saturated carbocycles. The van der Waals surface area contributed by atoms with E-state index >= 15 is 0 Å². The lowest BCUT2D eigenvalue weighted by atomic mass is 10.2. The van der Waals surface area contributed by atoms with Crippen LogP contribution in [0.3, 0.4) is 0 Å². The number of allylic oxidation sites excluding steroid dienone is 4. The van der Waals surface area contributed by atoms with Crippen LogP contribution in [0.15, 0.2) is 33.9 Å². The highest BCUT2D eigenvalue weighted by molar-refractivity contribution is 6.37. The zero-order chi connectivity index (χ0) is 11.8. The Balaban J connectivity index is 4.89. The van der Waals surface area contributed by atoms with E-state index in [9.17, 15) is 4.79 Å². The average molecular weight is 249 g/mol. The minimum atomic E-state index is -0.472. The van der Waals surface area contributed by atoms with Crippen molar-refractivity contribution in [3.05, 3.63) is 33.9 Å². The van der Waals surface area contributed by atoms with Gasteiger partial charge >= 0.3 is 5.97 Å². The Hall–Kier alpha value is -0.730. The molecule has 0 aliphatic heterocycles. The van der Waals surface area contributed by atoms with Crippen molar-refractivity contribution in [1.82, 2.24) is 0 Å². The summed E-state index contributed by atoms with van der Waals surface area (Å²) in [6, 6.07) is 0. The molecule has 0 bridgehead atoms. The van der Waals surface area contributed by atoms with Crippen LogP contribution in [0.2, 0.25) is 0 Å². The molecule has 0 aliphatic carbocycles. The van der Waals surface area contributed by atoms with Gasteiger partial charge < -0.3 is 4.74 Å². The molecule has 0 N–H and O–H groups in total. The first kappa shape index (κ1) is 14.3. The van der Waals surface area contributed by atoms with Gasteiger partial charge in [-0.1, -0.05) is 42.3 Å². The van der Waals surface area contributed by atoms with Gasteiger partial charge in [0.1, 0.15) is 0 Å². The number of hydrogen-bond acceptors (Lipinski definition) is 2. The molecule has 0 spiro atoms. The Labute approximate surface area is 100 Å². The molecule has 0 rings (SSSR count). The Bertz CT molecular complexity index is 315. The summed E-state index contributed by atoms with van der Waals surface area (Å²) in [6.45, 7) is 3.67. The molecule has 4 heteroatoms. The third-order valence-electron chi connectivity index (χ3n) is 1.62. The summed E-state index contributed by atoms with van der Waals surface area (Å²) in [5.41, 5.74) is 0.307. The van der Waals surface area contributed by atoms with Crippen molar-refractivity contribution in [3.8, 4) is 0 Å². The molecule has 0 radical (unpaired) electrons. The summed E-state index contributed by atoms with van der Waals surface area (Å²) in [7, 11) is 1.31. The molecular weight excluding hydrogens is 235 g/mol. The highest BCUT2D eigenvalue weighted by Crippen LogP contribution is 2.20. The molecule has 0 atom stereocenters. The van der Waals surface area contributed by atoms with Crippen LogP contribution in [-0.2, 0) is 9.53 Å². The summed E-state index contributed by atoms with van der Waals surface area (Å²) >= 11 is 11.8. The Morgan fingerprint density at radius 1 is 1.40 bits per heavy atom. The van der Waals surface area contributed by atoms with Crippen LogP contribution in [0, 0.1) is 0 Å². The summed E-state index contributed by atoms with van der Waals surface area (Å²) in [5.74, 6) is -0.472. The molecule has 0 aromatic rings. The van der Waals surface area contributed by atoms with E-state index in [-0.39, 0.29) is 5.03 Å². The largest absolute Gasteiger partial charge is 0.465 e. The van der Waals surface area contributed by atoms with Gasteiger partial charge in [-0.25, -0.2) is 4.79 Å². The quantitative estimate of drug-likeness (QED) is 0.430. The summed E-state index contributed by atoms with van der Waals surface area (Å²) in [5, 5.41) is 0.782. The van der Waals surface area contributed by atoms with Crippen LogP contribution < -0.4 is 0 Å². The molecule has 0 aromatic heterocycles. The third kappa shape index (κ3) is 5.05. The first-order valence-electron chi connectivity index (χ1n) is 4.54. The zero-order valence-electron chi connectivity index (χ0n) is 9.01. The van der Waals surface area contributed by atoms with Crippen molar-refractivity contribution in [2.75, 3.05) is 7.11 Å². The number of carbonyl (C=O) groups is 1. The second kappa shape index (κ2) is 7.55. The predicted molar refractivity (Wildman–Crippen MR) is 63.9 cm³/mol. The predicted octanol–water partition coefficient (Wildman–Crippen LogP) is 3.76. The van der Waals surface area contributed by atoms with E-state index in [4.69, 9.17) is 23.2 Å². The van der Waals surface area contributed by atoms with Gasteiger partial charge in [0.2, 0.25) is 0 Å². The molecule has 0 amide bonds. The lowest BCUT2D eigenvalue weighted by molar-refractivity contribution is -0.135. The molecule has 0 heterocycles. The van der Waals surface area contributed by atoms with Gasteiger partial charge in [-0.3, -0.25) is 0 Å². The molecule has 0 unspecified atom stereocenters. The number of ether oxygens (including phenoxy) is 1. The number of hydrogen-bond donors (Lipinski definition) is 0. The lowest BCUT2D eigenvalue weighted by Crippen LogP contribution is -2.04. The molecule has 84 valence electrons. The molecule has 0 aliphatic rings. The van der Waals surface area contributed by atoms with Crippen LogP contribution in [0.5, 0.6) is 0 Å². The number of rotatable bonds is 4. The van der Waals surface area contributed by atoms with E-state index in [1.54, 1.807) is 19.1 Å². The first-order valence-corrected chi connectivity index (χ1v) is 5.30. The molecular formula is C11H14Cl2O2. The van der Waals surface area contributed by atoms with Crippen LogP contribution in [0.1, 0.15) is 20.3 Å². The maximum atomic E-state index is 11.2. The summed E-state index contributed by atoms with van der Waals surface area (Å²) in [4.78, 5) is 11.2. The van der Waals surface area contributed by atoms with Crippen LogP contribution >= 0.6 is 23.2 Å². The van der Waals surface area contributed by atoms with Gasteiger partial charge in [-0.15, -0.1) is 0 Å². The SMILES string of the molecule is C\C=C(C(=O)OC)/C(Cl)=C\C(Cl)=C\CC. The van der Waals surface area contributed by atoms with Gasteiger partial charge in [0.05, 0.1) is 17.7 Å². The van der Waals surface area contributed by atoms with E-state index in [1.165, 1.54) is 13.2 Å². The maximum Gasteiger partial charge on any atom is 0.339 e. The van der Waals surface area contributed by atoms with Gasteiger partial charge in [-0.05, 0) is 19.4 Å². The second-order valence-corrected chi connectivity index (χ2v) is 3.53. The van der Waals surface area contributed by atoms with Crippen LogP contribution in [0.4, 0.5) is 0 Å². The van der Waals surface area contributed by atoms with Crippen molar-refractivity contribution in [2.45, 2.75) is 20.3 Å². The highest BCUT2D eigenvalue weighted by atomic mass is 35.5. The van der Waals surface area contributed by atoms with Crippen molar-refractivity contribution < 1.29 is 9.53 Å². The summed E-state index contributed by atoms with van der Waals surface area (Å²) < 4.78 is 4.57. The fourth-order valence-corrected chi connectivity index (χ4v) is 1.54. The first-order chi connectivity index (χ1) is 7.06. The minimum Gasteiger partial charge on any atom is -0.465 e. The maximum absolute atomic E-state index is 11.2. The fraction of sp³-hybridized carbons (Fsp3) is 0.364. The van der Waals surface area contributed by atoms with Crippen LogP contribution in [0.25, 0.3) is 0 Å². The molecule has 0 saturated heterocycles. The second-order valence-electron chi connectivity index (χ2n) is 2.68. The van der Waals surface area contributed by atoms with Crippen molar-refractivity contribution in [2.24, 2.45) is 0 Å². The van der Waals surface area contributed by atoms with E-state index < -0.39 is 5.97 Å². The topological polar surface area (TPSA) is 26.3 Å². The Morgan fingerprint density at radius 3 is 2.40 bits per heavy atom. The zero-order valence-corrected chi connectivity index (χ0v) is 10.5. The number of carbonyl (C=O) groups excluding carboxylic acids is 1. The number of halogens is 2. The van der Waals surface area contributed by atoms with Gasteiger partial charge in [0.25, 0.3) is 0 Å². The average Bonchev–Trinajstić information content (AvgIpc) is 2.18. The molecule has 0 aromatic carbocycles. The van der Waals surface area contributed by atoms with Crippen molar-refractivity contribution in [1.29, 1.82) is 0 Å². The van der Waals surface area contributed by atoms with E-state index in [1.807, 2.05) is 6.92 Å². The Kier molecular flexibility index (Phi) is 7.18. The third-order valence-corrected chi connectivity index (χ3v) is 2.19. The monoisotopic (exact) mass is 248 g/mol. The normalized spacial score (nSPS) is 14.1. The van der Waals surface area contributed by atoms with Gasteiger partial charge in [0.15, 0.2) is 0 Å². The number of esters is 1. The van der Waals surface area contributed by atoms with E-state index in [0.29, 0.717) is 10.6 Å². The fourth-order valence-electron chi connectivity index (χ4n) is 0.916. The van der Waals surface area contributed by atoms with Crippen molar-refractivity contribution >= 4 is 29.2 Å². The molecule has 15 heavy (non-hydrogen) atoms. The van der Waals surface area contributed by atoms with E-state index in [0.717, 1.165) is 6.42 Å². The molecule has 2 nitrogen and oxygen atoms in total. The standard InChI is InChI=1S/C11H14Cl2O2/c1-4-6-8(12)7-10(13)9(5-2)11(14)15-3/h5-7H,4H2,1-3H3/b8-6-,9-5+,10-7+. The minimum absolute atomic E-state index is 0.277. The summed E-state index contributed by atoms with van der Waals surface area (Å²) in [6.07, 6.45) is 5.72. The van der Waals surface area contributed by atoms with Crippen LogP contribution in [-0.4, -0.2) is 13.1 Å². The smallest absolute Gasteiger partial charge is 0.339 e. The highest BCUT2D eigenvalue weighted by Gasteiger charge is 2.11. The van der Waals surface area contributed by atoms with Gasteiger partial charge in [-0.2, -0.15) is 0 Å². The molecule has 0 fully saturated rings. The Morgan fingerprint density at radius 2 is 2.00 bits per heavy atom. The number of methoxy groups -OCH3 is 1. The van der Waals surface area contributed by atoms with Crippen molar-refractivity contribution in [3.63, 3.8) is 0 Å². The van der Waals surface area contributed by atoms with E-state index in [2.05, 4.69) is 4.74 Å².